The number of rotatable bonds is 4. The highest BCUT2D eigenvalue weighted by molar-refractivity contribution is 7.20. The molecule has 0 spiro atoms. The van der Waals surface area contributed by atoms with Crippen molar-refractivity contribution in [2.45, 2.75) is 13.8 Å². The second kappa shape index (κ2) is 6.11. The van der Waals surface area contributed by atoms with Gasteiger partial charge in [0.05, 0.1) is 10.3 Å². The normalized spacial score (nSPS) is 10.6. The summed E-state index contributed by atoms with van der Waals surface area (Å²) < 4.78 is 0. The van der Waals surface area contributed by atoms with E-state index >= 15 is 0 Å². The zero-order valence-electron chi connectivity index (χ0n) is 12.4. The van der Waals surface area contributed by atoms with Crippen LogP contribution in [0.25, 0.3) is 10.2 Å². The lowest BCUT2D eigenvalue weighted by Crippen LogP contribution is -2.21. The van der Waals surface area contributed by atoms with Crippen molar-refractivity contribution in [2.24, 2.45) is 0 Å². The summed E-state index contributed by atoms with van der Waals surface area (Å²) in [7, 11) is 0. The van der Waals surface area contributed by atoms with E-state index in [0.717, 1.165) is 15.9 Å². The SMILES string of the molecule is CCNC(=O)c1cc2c(Nc3ccc(C)cc3)ncnc2s1. The van der Waals surface area contributed by atoms with Gasteiger partial charge in [-0.3, -0.25) is 4.79 Å². The lowest BCUT2D eigenvalue weighted by Gasteiger charge is -2.06. The van der Waals surface area contributed by atoms with Gasteiger partial charge < -0.3 is 10.6 Å². The van der Waals surface area contributed by atoms with E-state index in [9.17, 15) is 4.79 Å². The molecule has 0 bridgehead atoms. The van der Waals surface area contributed by atoms with Gasteiger partial charge in [0, 0.05) is 12.2 Å². The van der Waals surface area contributed by atoms with Crippen LogP contribution in [0.5, 0.6) is 0 Å². The minimum Gasteiger partial charge on any atom is -0.352 e. The van der Waals surface area contributed by atoms with Gasteiger partial charge in [-0.05, 0) is 32.0 Å². The molecule has 22 heavy (non-hydrogen) atoms. The van der Waals surface area contributed by atoms with E-state index in [-0.39, 0.29) is 5.91 Å². The summed E-state index contributed by atoms with van der Waals surface area (Å²) in [5.41, 5.74) is 2.16. The third-order valence-electron chi connectivity index (χ3n) is 3.20. The Morgan fingerprint density at radius 3 is 2.73 bits per heavy atom. The maximum absolute atomic E-state index is 12.0. The van der Waals surface area contributed by atoms with Crippen LogP contribution in [-0.4, -0.2) is 22.4 Å². The molecule has 1 aromatic carbocycles. The molecule has 3 aromatic rings. The molecule has 0 aliphatic carbocycles. The van der Waals surface area contributed by atoms with Crippen molar-refractivity contribution >= 4 is 39.0 Å². The highest BCUT2D eigenvalue weighted by Crippen LogP contribution is 2.29. The smallest absolute Gasteiger partial charge is 0.261 e. The summed E-state index contributed by atoms with van der Waals surface area (Å²) in [4.78, 5) is 21.9. The molecule has 1 amide bonds. The zero-order valence-corrected chi connectivity index (χ0v) is 13.2. The van der Waals surface area contributed by atoms with Gasteiger partial charge in [0.25, 0.3) is 5.91 Å². The van der Waals surface area contributed by atoms with Gasteiger partial charge in [-0.1, -0.05) is 17.7 Å². The zero-order chi connectivity index (χ0) is 15.5. The molecule has 0 radical (unpaired) electrons. The van der Waals surface area contributed by atoms with E-state index in [1.54, 1.807) is 0 Å². The van der Waals surface area contributed by atoms with Gasteiger partial charge in [-0.15, -0.1) is 11.3 Å². The Hall–Kier alpha value is -2.47. The summed E-state index contributed by atoms with van der Waals surface area (Å²) in [6.45, 7) is 4.55. The fourth-order valence-corrected chi connectivity index (χ4v) is 3.00. The van der Waals surface area contributed by atoms with Crippen LogP contribution in [0, 0.1) is 6.92 Å². The lowest BCUT2D eigenvalue weighted by atomic mass is 10.2. The van der Waals surface area contributed by atoms with Gasteiger partial charge in [-0.2, -0.15) is 0 Å². The van der Waals surface area contributed by atoms with Crippen LogP contribution in [0.4, 0.5) is 11.5 Å². The van der Waals surface area contributed by atoms with Crippen LogP contribution in [0.3, 0.4) is 0 Å². The summed E-state index contributed by atoms with van der Waals surface area (Å²) in [6, 6.07) is 9.91. The molecule has 5 nitrogen and oxygen atoms in total. The van der Waals surface area contributed by atoms with Crippen LogP contribution in [-0.2, 0) is 0 Å². The number of aryl methyl sites for hydroxylation is 1. The Morgan fingerprint density at radius 2 is 2.00 bits per heavy atom. The van der Waals surface area contributed by atoms with Crippen LogP contribution in [0.15, 0.2) is 36.7 Å². The first-order valence-electron chi connectivity index (χ1n) is 7.04. The first-order valence-corrected chi connectivity index (χ1v) is 7.85. The molecule has 0 saturated heterocycles. The number of fused-ring (bicyclic) bond motifs is 1. The van der Waals surface area contributed by atoms with Crippen LogP contribution < -0.4 is 10.6 Å². The molecule has 6 heteroatoms. The predicted molar refractivity (Wildman–Crippen MR) is 89.9 cm³/mol. The van der Waals surface area contributed by atoms with Crippen molar-refractivity contribution in [1.29, 1.82) is 0 Å². The van der Waals surface area contributed by atoms with Crippen molar-refractivity contribution in [3.05, 3.63) is 47.1 Å². The molecule has 0 aliphatic heterocycles. The summed E-state index contributed by atoms with van der Waals surface area (Å²) >= 11 is 1.37. The second-order valence-electron chi connectivity index (χ2n) is 4.90. The quantitative estimate of drug-likeness (QED) is 0.774. The molecule has 3 rings (SSSR count). The molecule has 2 N–H and O–H groups in total. The Kier molecular flexibility index (Phi) is 4.02. The Bertz CT molecular complexity index is 811. The number of aromatic nitrogens is 2. The maximum atomic E-state index is 12.0. The summed E-state index contributed by atoms with van der Waals surface area (Å²) in [5.74, 6) is 0.632. The average Bonchev–Trinajstić information content (AvgIpc) is 2.95. The predicted octanol–water partition coefficient (Wildman–Crippen LogP) is 3.49. The molecule has 0 saturated carbocycles. The molecule has 0 aliphatic rings. The van der Waals surface area contributed by atoms with Crippen molar-refractivity contribution in [3.63, 3.8) is 0 Å². The monoisotopic (exact) mass is 312 g/mol. The molecule has 2 heterocycles. The largest absolute Gasteiger partial charge is 0.352 e. The van der Waals surface area contributed by atoms with Crippen molar-refractivity contribution in [1.82, 2.24) is 15.3 Å². The molecule has 0 fully saturated rings. The fraction of sp³-hybridized carbons (Fsp3) is 0.188. The van der Waals surface area contributed by atoms with Crippen LogP contribution in [0.1, 0.15) is 22.2 Å². The number of hydrogen-bond donors (Lipinski definition) is 2. The topological polar surface area (TPSA) is 66.9 Å². The van der Waals surface area contributed by atoms with E-state index in [1.165, 1.54) is 23.2 Å². The third kappa shape index (κ3) is 2.92. The molecular formula is C16H16N4OS. The number of carbonyl (C=O) groups is 1. The van der Waals surface area contributed by atoms with E-state index in [0.29, 0.717) is 17.2 Å². The summed E-state index contributed by atoms with van der Waals surface area (Å²) in [6.07, 6.45) is 1.51. The highest BCUT2D eigenvalue weighted by Gasteiger charge is 2.13. The number of nitrogens with zero attached hydrogens (tertiary/aromatic N) is 2. The van der Waals surface area contributed by atoms with Gasteiger partial charge in [-0.25, -0.2) is 9.97 Å². The van der Waals surface area contributed by atoms with E-state index in [4.69, 9.17) is 0 Å². The Morgan fingerprint density at radius 1 is 1.23 bits per heavy atom. The number of carbonyl (C=O) groups excluding carboxylic acids is 1. The van der Waals surface area contributed by atoms with Crippen molar-refractivity contribution in [3.8, 4) is 0 Å². The number of hydrogen-bond acceptors (Lipinski definition) is 5. The first kappa shape index (κ1) is 14.5. The molecule has 0 unspecified atom stereocenters. The van der Waals surface area contributed by atoms with E-state index < -0.39 is 0 Å². The Labute approximate surface area is 132 Å². The van der Waals surface area contributed by atoms with Gasteiger partial charge in [0.1, 0.15) is 17.0 Å². The highest BCUT2D eigenvalue weighted by atomic mass is 32.1. The second-order valence-corrected chi connectivity index (χ2v) is 5.93. The number of anilines is 2. The van der Waals surface area contributed by atoms with Crippen LogP contribution >= 0.6 is 11.3 Å². The number of thiophene rings is 1. The average molecular weight is 312 g/mol. The maximum Gasteiger partial charge on any atom is 0.261 e. The van der Waals surface area contributed by atoms with Gasteiger partial charge in [0.15, 0.2) is 0 Å². The standard InChI is InChI=1S/C16H16N4OS/c1-3-17-15(21)13-8-12-14(18-9-19-16(12)22-13)20-11-6-4-10(2)5-7-11/h4-9H,3H2,1-2H3,(H,17,21)(H,18,19,20). The number of benzene rings is 1. The molecular weight excluding hydrogens is 296 g/mol. The van der Waals surface area contributed by atoms with E-state index in [2.05, 4.69) is 20.6 Å². The minimum absolute atomic E-state index is 0.0771. The van der Waals surface area contributed by atoms with Crippen molar-refractivity contribution < 1.29 is 4.79 Å². The van der Waals surface area contributed by atoms with Crippen LogP contribution in [0.2, 0.25) is 0 Å². The summed E-state index contributed by atoms with van der Waals surface area (Å²) in [5, 5.41) is 6.94. The lowest BCUT2D eigenvalue weighted by molar-refractivity contribution is 0.0960. The van der Waals surface area contributed by atoms with Crippen molar-refractivity contribution in [2.75, 3.05) is 11.9 Å². The van der Waals surface area contributed by atoms with Gasteiger partial charge in [0.2, 0.25) is 0 Å². The molecule has 0 atom stereocenters. The van der Waals surface area contributed by atoms with E-state index in [1.807, 2.05) is 44.2 Å². The third-order valence-corrected chi connectivity index (χ3v) is 4.25. The number of nitrogens with one attached hydrogen (secondary N) is 2. The Balaban J connectivity index is 1.95. The van der Waals surface area contributed by atoms with Gasteiger partial charge >= 0.3 is 0 Å². The first-order chi connectivity index (χ1) is 10.7. The fourth-order valence-electron chi connectivity index (χ4n) is 2.09. The number of amides is 1. The molecule has 112 valence electrons. The molecule has 2 aromatic heterocycles. The minimum atomic E-state index is -0.0771.